The number of anilines is 1. The Morgan fingerprint density at radius 3 is 2.70 bits per heavy atom. The lowest BCUT2D eigenvalue weighted by molar-refractivity contribution is 0.102. The number of nitrogens with one attached hydrogen (secondary N) is 1. The molecule has 0 aliphatic carbocycles. The molecule has 2 rings (SSSR count). The molecule has 0 atom stereocenters. The van der Waals surface area contributed by atoms with E-state index in [1.165, 1.54) is 0 Å². The minimum atomic E-state index is -0.296. The molecule has 3 nitrogen and oxygen atoms in total. The van der Waals surface area contributed by atoms with E-state index in [1.54, 1.807) is 25.3 Å². The zero-order chi connectivity index (χ0) is 14.7. The predicted molar refractivity (Wildman–Crippen MR) is 84.4 cm³/mol. The van der Waals surface area contributed by atoms with Crippen molar-refractivity contribution in [1.29, 1.82) is 0 Å². The zero-order valence-electron chi connectivity index (χ0n) is 11.1. The monoisotopic (exact) mass is 307 g/mol. The predicted octanol–water partition coefficient (Wildman–Crippen LogP) is 4.20. The van der Waals surface area contributed by atoms with E-state index in [9.17, 15) is 4.79 Å². The van der Waals surface area contributed by atoms with Gasteiger partial charge in [-0.2, -0.15) is 0 Å². The molecule has 0 bridgehead atoms. The number of amides is 1. The molecule has 1 N–H and O–H groups in total. The normalized spacial score (nSPS) is 10.2. The molecule has 0 saturated heterocycles. The van der Waals surface area contributed by atoms with Crippen molar-refractivity contribution in [2.24, 2.45) is 0 Å². The molecule has 0 radical (unpaired) electrons. The van der Waals surface area contributed by atoms with Crippen molar-refractivity contribution in [2.75, 3.05) is 12.4 Å². The number of benzene rings is 2. The highest BCUT2D eigenvalue weighted by atomic mass is 35.5. The summed E-state index contributed by atoms with van der Waals surface area (Å²) >= 11 is 10.3. The standard InChI is InChI=1S/C15H14ClNO2S/c1-9-3-6-14(19-2)13(7-9)17-15(18)11-8-10(20)4-5-12(11)16/h3-8,20H,1-2H3,(H,17,18). The van der Waals surface area contributed by atoms with Crippen LogP contribution in [0.1, 0.15) is 15.9 Å². The molecule has 0 unspecified atom stereocenters. The molecule has 2 aromatic rings. The highest BCUT2D eigenvalue weighted by Crippen LogP contribution is 2.27. The molecule has 0 aliphatic rings. The summed E-state index contributed by atoms with van der Waals surface area (Å²) in [5.41, 5.74) is 2.01. The van der Waals surface area contributed by atoms with Gasteiger partial charge in [-0.05, 0) is 42.8 Å². The van der Waals surface area contributed by atoms with Gasteiger partial charge >= 0.3 is 0 Å². The number of hydrogen-bond donors (Lipinski definition) is 2. The Labute approximate surface area is 128 Å². The van der Waals surface area contributed by atoms with E-state index >= 15 is 0 Å². The molecular weight excluding hydrogens is 294 g/mol. The molecule has 0 fully saturated rings. The number of thiol groups is 1. The summed E-state index contributed by atoms with van der Waals surface area (Å²) in [7, 11) is 1.56. The van der Waals surface area contributed by atoms with E-state index < -0.39 is 0 Å². The van der Waals surface area contributed by atoms with Crippen LogP contribution in [-0.4, -0.2) is 13.0 Å². The Bertz CT molecular complexity index is 658. The number of halogens is 1. The Morgan fingerprint density at radius 1 is 1.25 bits per heavy atom. The van der Waals surface area contributed by atoms with Crippen LogP contribution in [0.5, 0.6) is 5.75 Å². The van der Waals surface area contributed by atoms with Crippen LogP contribution in [0.3, 0.4) is 0 Å². The second kappa shape index (κ2) is 6.20. The van der Waals surface area contributed by atoms with Gasteiger partial charge in [-0.15, -0.1) is 12.6 Å². The van der Waals surface area contributed by atoms with Crippen LogP contribution in [0.2, 0.25) is 5.02 Å². The van der Waals surface area contributed by atoms with E-state index in [4.69, 9.17) is 16.3 Å². The molecule has 0 aliphatic heterocycles. The minimum absolute atomic E-state index is 0.296. The van der Waals surface area contributed by atoms with Gasteiger partial charge < -0.3 is 10.1 Å². The van der Waals surface area contributed by atoms with Crippen LogP contribution < -0.4 is 10.1 Å². The third-order valence-corrected chi connectivity index (χ3v) is 3.41. The van der Waals surface area contributed by atoms with E-state index in [0.717, 1.165) is 5.56 Å². The molecule has 0 saturated carbocycles. The SMILES string of the molecule is COc1ccc(C)cc1NC(=O)c1cc(S)ccc1Cl. The quantitative estimate of drug-likeness (QED) is 0.834. The van der Waals surface area contributed by atoms with Gasteiger partial charge in [-0.3, -0.25) is 4.79 Å². The van der Waals surface area contributed by atoms with Crippen molar-refractivity contribution in [2.45, 2.75) is 11.8 Å². The van der Waals surface area contributed by atoms with Gasteiger partial charge in [0, 0.05) is 4.90 Å². The van der Waals surface area contributed by atoms with Gasteiger partial charge in [-0.25, -0.2) is 0 Å². The van der Waals surface area contributed by atoms with Crippen LogP contribution in [0.15, 0.2) is 41.3 Å². The number of hydrogen-bond acceptors (Lipinski definition) is 3. The van der Waals surface area contributed by atoms with E-state index in [-0.39, 0.29) is 5.91 Å². The van der Waals surface area contributed by atoms with Gasteiger partial charge in [0.25, 0.3) is 5.91 Å². The van der Waals surface area contributed by atoms with Crippen LogP contribution in [0, 0.1) is 6.92 Å². The summed E-state index contributed by atoms with van der Waals surface area (Å²) in [6.45, 7) is 1.94. The Kier molecular flexibility index (Phi) is 4.57. The maximum atomic E-state index is 12.3. The van der Waals surface area contributed by atoms with Crippen molar-refractivity contribution in [1.82, 2.24) is 0 Å². The largest absolute Gasteiger partial charge is 0.495 e. The zero-order valence-corrected chi connectivity index (χ0v) is 12.8. The van der Waals surface area contributed by atoms with Crippen LogP contribution >= 0.6 is 24.2 Å². The molecule has 0 heterocycles. The van der Waals surface area contributed by atoms with E-state index in [1.807, 2.05) is 25.1 Å². The molecule has 104 valence electrons. The number of aryl methyl sites for hydroxylation is 1. The summed E-state index contributed by atoms with van der Waals surface area (Å²) in [6, 6.07) is 10.6. The summed E-state index contributed by atoms with van der Waals surface area (Å²) in [5.74, 6) is 0.303. The lowest BCUT2D eigenvalue weighted by Gasteiger charge is -2.12. The second-order valence-electron chi connectivity index (χ2n) is 4.32. The molecule has 20 heavy (non-hydrogen) atoms. The molecular formula is C15H14ClNO2S. The third kappa shape index (κ3) is 3.26. The van der Waals surface area contributed by atoms with Gasteiger partial charge in [0.2, 0.25) is 0 Å². The van der Waals surface area contributed by atoms with Crippen molar-refractivity contribution < 1.29 is 9.53 Å². The molecule has 5 heteroatoms. The summed E-state index contributed by atoms with van der Waals surface area (Å²) in [4.78, 5) is 13.0. The molecule has 1 amide bonds. The van der Waals surface area contributed by atoms with E-state index in [0.29, 0.717) is 26.9 Å². The highest BCUT2D eigenvalue weighted by molar-refractivity contribution is 7.80. The van der Waals surface area contributed by atoms with Crippen LogP contribution in [0.4, 0.5) is 5.69 Å². The lowest BCUT2D eigenvalue weighted by atomic mass is 10.1. The van der Waals surface area contributed by atoms with Crippen molar-refractivity contribution in [3.05, 3.63) is 52.5 Å². The fourth-order valence-electron chi connectivity index (χ4n) is 1.80. The fraction of sp³-hybridized carbons (Fsp3) is 0.133. The number of rotatable bonds is 3. The number of ether oxygens (including phenoxy) is 1. The lowest BCUT2D eigenvalue weighted by Crippen LogP contribution is -2.13. The first kappa shape index (κ1) is 14.8. The smallest absolute Gasteiger partial charge is 0.257 e. The van der Waals surface area contributed by atoms with Gasteiger partial charge in [-0.1, -0.05) is 17.7 Å². The maximum Gasteiger partial charge on any atom is 0.257 e. The average molecular weight is 308 g/mol. The number of carbonyl (C=O) groups is 1. The summed E-state index contributed by atoms with van der Waals surface area (Å²) in [6.07, 6.45) is 0. The average Bonchev–Trinajstić information content (AvgIpc) is 2.41. The van der Waals surface area contributed by atoms with Crippen molar-refractivity contribution >= 4 is 35.8 Å². The first-order chi connectivity index (χ1) is 9.51. The van der Waals surface area contributed by atoms with Gasteiger partial charge in [0.05, 0.1) is 23.4 Å². The van der Waals surface area contributed by atoms with Gasteiger partial charge in [0.1, 0.15) is 5.75 Å². The Hall–Kier alpha value is -1.65. The summed E-state index contributed by atoms with van der Waals surface area (Å²) in [5, 5.41) is 3.19. The second-order valence-corrected chi connectivity index (χ2v) is 5.25. The van der Waals surface area contributed by atoms with Crippen molar-refractivity contribution in [3.63, 3.8) is 0 Å². The highest BCUT2D eigenvalue weighted by Gasteiger charge is 2.13. The molecule has 0 spiro atoms. The van der Waals surface area contributed by atoms with Crippen LogP contribution in [-0.2, 0) is 0 Å². The summed E-state index contributed by atoms with van der Waals surface area (Å²) < 4.78 is 5.23. The number of methoxy groups -OCH3 is 1. The third-order valence-electron chi connectivity index (χ3n) is 2.80. The van der Waals surface area contributed by atoms with Crippen LogP contribution in [0.25, 0.3) is 0 Å². The van der Waals surface area contributed by atoms with Crippen molar-refractivity contribution in [3.8, 4) is 5.75 Å². The fourth-order valence-corrected chi connectivity index (χ4v) is 2.20. The Balaban J connectivity index is 2.32. The van der Waals surface area contributed by atoms with E-state index in [2.05, 4.69) is 17.9 Å². The topological polar surface area (TPSA) is 38.3 Å². The molecule has 0 aromatic heterocycles. The number of carbonyl (C=O) groups excluding carboxylic acids is 1. The molecule has 2 aromatic carbocycles. The maximum absolute atomic E-state index is 12.3. The van der Waals surface area contributed by atoms with Gasteiger partial charge in [0.15, 0.2) is 0 Å². The Morgan fingerprint density at radius 2 is 2.00 bits per heavy atom. The first-order valence-corrected chi connectivity index (χ1v) is 6.78. The minimum Gasteiger partial charge on any atom is -0.495 e. The first-order valence-electron chi connectivity index (χ1n) is 5.96.